The van der Waals surface area contributed by atoms with E-state index in [2.05, 4.69) is 11.6 Å². The summed E-state index contributed by atoms with van der Waals surface area (Å²) in [6.07, 6.45) is 3.45. The number of para-hydroxylation sites is 2. The van der Waals surface area contributed by atoms with Gasteiger partial charge in [-0.3, -0.25) is 4.79 Å². The van der Waals surface area contributed by atoms with Gasteiger partial charge in [-0.1, -0.05) is 36.4 Å². The molecule has 0 radical (unpaired) electrons. The van der Waals surface area contributed by atoms with Gasteiger partial charge in [-0.05, 0) is 43.2 Å². The van der Waals surface area contributed by atoms with Gasteiger partial charge in [-0.2, -0.15) is 0 Å². The SMILES string of the molecule is C=CCOc1ccc(Cl)cc1C(=O)N1CCC[C@H]1c1nc2ccccc2[nH]1. The lowest BCUT2D eigenvalue weighted by Crippen LogP contribution is -2.31. The van der Waals surface area contributed by atoms with E-state index in [-0.39, 0.29) is 11.9 Å². The number of rotatable bonds is 5. The molecule has 27 heavy (non-hydrogen) atoms. The third kappa shape index (κ3) is 3.43. The Balaban J connectivity index is 1.66. The Bertz CT molecular complexity index is 965. The Hall–Kier alpha value is -2.79. The van der Waals surface area contributed by atoms with Crippen molar-refractivity contribution in [3.05, 3.63) is 71.5 Å². The van der Waals surface area contributed by atoms with Gasteiger partial charge in [-0.25, -0.2) is 4.98 Å². The molecule has 2 heterocycles. The summed E-state index contributed by atoms with van der Waals surface area (Å²) >= 11 is 6.14. The molecule has 0 bridgehead atoms. The molecular weight excluding hydrogens is 362 g/mol. The zero-order valence-corrected chi connectivity index (χ0v) is 15.6. The van der Waals surface area contributed by atoms with Crippen LogP contribution in [0, 0.1) is 0 Å². The number of imidazole rings is 1. The maximum absolute atomic E-state index is 13.3. The summed E-state index contributed by atoms with van der Waals surface area (Å²) in [4.78, 5) is 23.2. The van der Waals surface area contributed by atoms with Crippen molar-refractivity contribution in [2.45, 2.75) is 18.9 Å². The molecule has 1 saturated heterocycles. The monoisotopic (exact) mass is 381 g/mol. The molecule has 1 atom stereocenters. The molecule has 1 N–H and O–H groups in total. The zero-order valence-electron chi connectivity index (χ0n) is 14.8. The van der Waals surface area contributed by atoms with Crippen molar-refractivity contribution >= 4 is 28.5 Å². The lowest BCUT2D eigenvalue weighted by molar-refractivity contribution is 0.0726. The molecule has 0 saturated carbocycles. The number of nitrogens with one attached hydrogen (secondary N) is 1. The fraction of sp³-hybridized carbons (Fsp3) is 0.238. The first-order valence-electron chi connectivity index (χ1n) is 8.96. The molecule has 1 aliphatic heterocycles. The summed E-state index contributed by atoms with van der Waals surface area (Å²) in [5.41, 5.74) is 2.35. The molecule has 4 rings (SSSR count). The molecule has 1 aliphatic rings. The number of carbonyl (C=O) groups is 1. The minimum absolute atomic E-state index is 0.0869. The van der Waals surface area contributed by atoms with Gasteiger partial charge in [0, 0.05) is 11.6 Å². The van der Waals surface area contributed by atoms with Crippen molar-refractivity contribution in [2.75, 3.05) is 13.2 Å². The van der Waals surface area contributed by atoms with Crippen LogP contribution in [0.1, 0.15) is 35.1 Å². The fourth-order valence-corrected chi connectivity index (χ4v) is 3.70. The second kappa shape index (κ2) is 7.45. The number of H-pyrrole nitrogens is 1. The summed E-state index contributed by atoms with van der Waals surface area (Å²) < 4.78 is 5.66. The summed E-state index contributed by atoms with van der Waals surface area (Å²) in [7, 11) is 0. The third-order valence-corrected chi connectivity index (χ3v) is 5.00. The fourth-order valence-electron chi connectivity index (χ4n) is 3.52. The van der Waals surface area contributed by atoms with E-state index in [0.717, 1.165) is 29.7 Å². The number of hydrogen-bond acceptors (Lipinski definition) is 3. The minimum Gasteiger partial charge on any atom is -0.489 e. The average Bonchev–Trinajstić information content (AvgIpc) is 3.32. The van der Waals surface area contributed by atoms with Gasteiger partial charge in [0.25, 0.3) is 5.91 Å². The van der Waals surface area contributed by atoms with Crippen LogP contribution < -0.4 is 4.74 Å². The molecule has 2 aromatic carbocycles. The van der Waals surface area contributed by atoms with Gasteiger partial charge in [-0.15, -0.1) is 0 Å². The van der Waals surface area contributed by atoms with E-state index in [9.17, 15) is 4.79 Å². The van der Waals surface area contributed by atoms with E-state index in [1.54, 1.807) is 24.3 Å². The number of halogens is 1. The van der Waals surface area contributed by atoms with Crippen LogP contribution in [0.4, 0.5) is 0 Å². The summed E-state index contributed by atoms with van der Waals surface area (Å²) in [5, 5.41) is 0.504. The van der Waals surface area contributed by atoms with Crippen LogP contribution in [0.2, 0.25) is 5.02 Å². The van der Waals surface area contributed by atoms with Crippen molar-refractivity contribution in [3.8, 4) is 5.75 Å². The molecule has 1 fully saturated rings. The number of likely N-dealkylation sites (tertiary alicyclic amines) is 1. The highest BCUT2D eigenvalue weighted by Crippen LogP contribution is 2.34. The smallest absolute Gasteiger partial charge is 0.258 e. The lowest BCUT2D eigenvalue weighted by atomic mass is 10.1. The first-order chi connectivity index (χ1) is 13.2. The van der Waals surface area contributed by atoms with Crippen LogP contribution in [0.15, 0.2) is 55.1 Å². The Morgan fingerprint density at radius 1 is 1.37 bits per heavy atom. The van der Waals surface area contributed by atoms with Crippen molar-refractivity contribution in [2.24, 2.45) is 0 Å². The van der Waals surface area contributed by atoms with E-state index >= 15 is 0 Å². The highest BCUT2D eigenvalue weighted by atomic mass is 35.5. The normalized spacial score (nSPS) is 16.6. The summed E-state index contributed by atoms with van der Waals surface area (Å²) in [6.45, 7) is 4.66. The highest BCUT2D eigenvalue weighted by Gasteiger charge is 2.34. The lowest BCUT2D eigenvalue weighted by Gasteiger charge is -2.24. The number of aromatic amines is 1. The minimum atomic E-state index is -0.0977. The Labute approximate surface area is 162 Å². The molecule has 1 aromatic heterocycles. The van der Waals surface area contributed by atoms with Crippen molar-refractivity contribution in [3.63, 3.8) is 0 Å². The number of aromatic nitrogens is 2. The molecule has 1 amide bonds. The molecular formula is C21H20ClN3O2. The number of amides is 1. The molecule has 6 heteroatoms. The van der Waals surface area contributed by atoms with E-state index in [0.29, 0.717) is 29.5 Å². The highest BCUT2D eigenvalue weighted by molar-refractivity contribution is 6.31. The second-order valence-corrected chi connectivity index (χ2v) is 6.97. The standard InChI is InChI=1S/C21H20ClN3O2/c1-2-12-27-19-10-9-14(22)13-15(19)21(26)25-11-5-8-18(25)20-23-16-6-3-4-7-17(16)24-20/h2-4,6-7,9-10,13,18H,1,5,8,11-12H2,(H,23,24)/t18-/m0/s1. The predicted octanol–water partition coefficient (Wildman–Crippen LogP) is 4.76. The van der Waals surface area contributed by atoms with E-state index in [4.69, 9.17) is 21.3 Å². The van der Waals surface area contributed by atoms with Gasteiger partial charge in [0.15, 0.2) is 0 Å². The number of ether oxygens (including phenoxy) is 1. The number of carbonyl (C=O) groups excluding carboxylic acids is 1. The maximum Gasteiger partial charge on any atom is 0.258 e. The molecule has 5 nitrogen and oxygen atoms in total. The summed E-state index contributed by atoms with van der Waals surface area (Å²) in [5.74, 6) is 1.23. The molecule has 3 aromatic rings. The van der Waals surface area contributed by atoms with Gasteiger partial charge in [0.2, 0.25) is 0 Å². The predicted molar refractivity (Wildman–Crippen MR) is 106 cm³/mol. The average molecular weight is 382 g/mol. The van der Waals surface area contributed by atoms with Crippen LogP contribution >= 0.6 is 11.6 Å². The summed E-state index contributed by atoms with van der Waals surface area (Å²) in [6, 6.07) is 12.9. The molecule has 0 aliphatic carbocycles. The topological polar surface area (TPSA) is 58.2 Å². The van der Waals surface area contributed by atoms with Gasteiger partial charge in [0.05, 0.1) is 22.6 Å². The molecule has 0 unspecified atom stereocenters. The van der Waals surface area contributed by atoms with Crippen LogP contribution in [0.3, 0.4) is 0 Å². The second-order valence-electron chi connectivity index (χ2n) is 6.54. The van der Waals surface area contributed by atoms with Gasteiger partial charge >= 0.3 is 0 Å². The maximum atomic E-state index is 13.3. The number of fused-ring (bicyclic) bond motifs is 1. The van der Waals surface area contributed by atoms with Crippen molar-refractivity contribution in [1.29, 1.82) is 0 Å². The third-order valence-electron chi connectivity index (χ3n) is 4.77. The van der Waals surface area contributed by atoms with Gasteiger partial charge < -0.3 is 14.6 Å². The van der Waals surface area contributed by atoms with Crippen LogP contribution in [-0.2, 0) is 0 Å². The quantitative estimate of drug-likeness (QED) is 0.648. The van der Waals surface area contributed by atoms with Crippen LogP contribution in [-0.4, -0.2) is 33.9 Å². The number of benzene rings is 2. The molecule has 138 valence electrons. The Morgan fingerprint density at radius 2 is 2.22 bits per heavy atom. The van der Waals surface area contributed by atoms with E-state index in [1.807, 2.05) is 29.2 Å². The van der Waals surface area contributed by atoms with E-state index < -0.39 is 0 Å². The largest absolute Gasteiger partial charge is 0.489 e. The Morgan fingerprint density at radius 3 is 3.04 bits per heavy atom. The van der Waals surface area contributed by atoms with Gasteiger partial charge in [0.1, 0.15) is 18.2 Å². The zero-order chi connectivity index (χ0) is 18.8. The van der Waals surface area contributed by atoms with E-state index in [1.165, 1.54) is 0 Å². The Kier molecular flexibility index (Phi) is 4.86. The number of hydrogen-bond donors (Lipinski definition) is 1. The molecule has 0 spiro atoms. The first kappa shape index (κ1) is 17.6. The van der Waals surface area contributed by atoms with Crippen molar-refractivity contribution in [1.82, 2.24) is 14.9 Å². The van der Waals surface area contributed by atoms with Crippen LogP contribution in [0.25, 0.3) is 11.0 Å². The first-order valence-corrected chi connectivity index (χ1v) is 9.34. The van der Waals surface area contributed by atoms with Crippen molar-refractivity contribution < 1.29 is 9.53 Å². The number of nitrogens with zero attached hydrogens (tertiary/aromatic N) is 2. The van der Waals surface area contributed by atoms with Crippen LogP contribution in [0.5, 0.6) is 5.75 Å².